The van der Waals surface area contributed by atoms with Crippen LogP contribution >= 0.6 is 0 Å². The third-order valence-corrected chi connectivity index (χ3v) is 2.14. The molecule has 0 aromatic rings. The Hall–Kier alpha value is -0.720. The molecule has 0 aromatic heterocycles. The van der Waals surface area contributed by atoms with Gasteiger partial charge in [-0.1, -0.05) is 26.0 Å². The average Bonchev–Trinajstić information content (AvgIpc) is 2.56. The predicted molar refractivity (Wildman–Crippen MR) is 54.0 cm³/mol. The lowest BCUT2D eigenvalue weighted by atomic mass is 10.3. The van der Waals surface area contributed by atoms with Crippen LogP contribution < -0.4 is 0 Å². The van der Waals surface area contributed by atoms with Crippen LogP contribution in [0, 0.1) is 0 Å². The normalized spacial score (nSPS) is 15.0. The molecule has 0 unspecified atom stereocenters. The van der Waals surface area contributed by atoms with E-state index >= 15 is 0 Å². The van der Waals surface area contributed by atoms with Crippen LogP contribution in [0.2, 0.25) is 0 Å². The third-order valence-electron chi connectivity index (χ3n) is 2.14. The molecule has 0 saturated heterocycles. The monoisotopic (exact) mass is 165 g/mol. The highest BCUT2D eigenvalue weighted by Gasteiger charge is 2.07. The van der Waals surface area contributed by atoms with Gasteiger partial charge in [-0.05, 0) is 18.9 Å². The van der Waals surface area contributed by atoms with E-state index in [1.807, 2.05) is 0 Å². The molecule has 1 rings (SSSR count). The maximum atomic E-state index is 2.50. The smallest absolute Gasteiger partial charge is 0.0172 e. The van der Waals surface area contributed by atoms with Gasteiger partial charge in [0.1, 0.15) is 0 Å². The van der Waals surface area contributed by atoms with E-state index in [4.69, 9.17) is 0 Å². The van der Waals surface area contributed by atoms with E-state index in [1.54, 1.807) is 0 Å². The standard InChI is InChI=1S/C11H19N/c1-3-9-12(10-4-2)11-7-5-6-8-11/h5-7H,3-4,8-10H2,1-2H3. The second-order valence-corrected chi connectivity index (χ2v) is 3.28. The Bertz CT molecular complexity index is 173. The van der Waals surface area contributed by atoms with Crippen molar-refractivity contribution in [3.8, 4) is 0 Å². The van der Waals surface area contributed by atoms with Crippen molar-refractivity contribution in [3.63, 3.8) is 0 Å². The van der Waals surface area contributed by atoms with Crippen molar-refractivity contribution in [3.05, 3.63) is 23.9 Å². The van der Waals surface area contributed by atoms with E-state index in [9.17, 15) is 0 Å². The zero-order valence-corrected chi connectivity index (χ0v) is 8.21. The Kier molecular flexibility index (Phi) is 3.92. The predicted octanol–water partition coefficient (Wildman–Crippen LogP) is 2.95. The molecule has 0 aromatic carbocycles. The van der Waals surface area contributed by atoms with E-state index < -0.39 is 0 Å². The first-order valence-electron chi connectivity index (χ1n) is 4.99. The SMILES string of the molecule is CCCN(CCC)C1=CC=CC1. The second-order valence-electron chi connectivity index (χ2n) is 3.28. The molecule has 1 nitrogen and oxygen atoms in total. The Balaban J connectivity index is 2.41. The first-order chi connectivity index (χ1) is 5.88. The molecule has 0 atom stereocenters. The molecule has 68 valence electrons. The fourth-order valence-corrected chi connectivity index (χ4v) is 1.61. The molecule has 1 aliphatic rings. The van der Waals surface area contributed by atoms with E-state index in [0.29, 0.717) is 0 Å². The van der Waals surface area contributed by atoms with Gasteiger partial charge in [-0.15, -0.1) is 0 Å². The Morgan fingerprint density at radius 3 is 2.33 bits per heavy atom. The maximum absolute atomic E-state index is 2.50. The van der Waals surface area contributed by atoms with Crippen molar-refractivity contribution < 1.29 is 0 Å². The lowest BCUT2D eigenvalue weighted by molar-refractivity contribution is 0.340. The molecule has 0 aliphatic heterocycles. The summed E-state index contributed by atoms with van der Waals surface area (Å²) in [6.45, 7) is 6.90. The quantitative estimate of drug-likeness (QED) is 0.605. The van der Waals surface area contributed by atoms with Crippen LogP contribution in [0.5, 0.6) is 0 Å². The summed E-state index contributed by atoms with van der Waals surface area (Å²) >= 11 is 0. The summed E-state index contributed by atoms with van der Waals surface area (Å²) in [5, 5.41) is 0. The van der Waals surface area contributed by atoms with Gasteiger partial charge in [0.15, 0.2) is 0 Å². The topological polar surface area (TPSA) is 3.24 Å². The minimum Gasteiger partial charge on any atom is -0.375 e. The summed E-state index contributed by atoms with van der Waals surface area (Å²) in [4.78, 5) is 2.50. The van der Waals surface area contributed by atoms with E-state index in [2.05, 4.69) is 37.0 Å². The van der Waals surface area contributed by atoms with Crippen molar-refractivity contribution in [2.45, 2.75) is 33.1 Å². The van der Waals surface area contributed by atoms with Crippen molar-refractivity contribution in [2.24, 2.45) is 0 Å². The Labute approximate surface area is 75.8 Å². The van der Waals surface area contributed by atoms with Crippen molar-refractivity contribution >= 4 is 0 Å². The molecule has 0 heterocycles. The molecule has 1 aliphatic carbocycles. The van der Waals surface area contributed by atoms with Crippen LogP contribution in [-0.4, -0.2) is 18.0 Å². The molecule has 0 spiro atoms. The van der Waals surface area contributed by atoms with Gasteiger partial charge >= 0.3 is 0 Å². The summed E-state index contributed by atoms with van der Waals surface area (Å²) < 4.78 is 0. The van der Waals surface area contributed by atoms with E-state index in [0.717, 1.165) is 6.42 Å². The van der Waals surface area contributed by atoms with Crippen LogP contribution in [0.15, 0.2) is 23.9 Å². The van der Waals surface area contributed by atoms with Gasteiger partial charge in [-0.3, -0.25) is 0 Å². The summed E-state index contributed by atoms with van der Waals surface area (Å²) in [7, 11) is 0. The molecular weight excluding hydrogens is 146 g/mol. The molecular formula is C11H19N. The Morgan fingerprint density at radius 2 is 1.92 bits per heavy atom. The zero-order chi connectivity index (χ0) is 8.81. The van der Waals surface area contributed by atoms with E-state index in [1.165, 1.54) is 31.6 Å². The minimum absolute atomic E-state index is 1.14. The summed E-state index contributed by atoms with van der Waals surface area (Å²) in [6.07, 6.45) is 10.3. The lowest BCUT2D eigenvalue weighted by Gasteiger charge is -2.24. The summed E-state index contributed by atoms with van der Waals surface area (Å²) in [6, 6.07) is 0. The molecule has 1 heteroatoms. The number of nitrogens with zero attached hydrogens (tertiary/aromatic N) is 1. The molecule has 0 N–H and O–H groups in total. The van der Waals surface area contributed by atoms with E-state index in [-0.39, 0.29) is 0 Å². The van der Waals surface area contributed by atoms with Crippen LogP contribution in [0.1, 0.15) is 33.1 Å². The number of hydrogen-bond acceptors (Lipinski definition) is 1. The number of hydrogen-bond donors (Lipinski definition) is 0. The summed E-state index contributed by atoms with van der Waals surface area (Å²) in [5.74, 6) is 0. The molecule has 0 radical (unpaired) electrons. The van der Waals surface area contributed by atoms with Crippen molar-refractivity contribution in [1.29, 1.82) is 0 Å². The van der Waals surface area contributed by atoms with Gasteiger partial charge in [-0.25, -0.2) is 0 Å². The average molecular weight is 165 g/mol. The van der Waals surface area contributed by atoms with Crippen LogP contribution in [-0.2, 0) is 0 Å². The van der Waals surface area contributed by atoms with Gasteiger partial charge in [0, 0.05) is 25.2 Å². The fourth-order valence-electron chi connectivity index (χ4n) is 1.61. The molecule has 12 heavy (non-hydrogen) atoms. The third kappa shape index (κ3) is 2.40. The van der Waals surface area contributed by atoms with Crippen molar-refractivity contribution in [1.82, 2.24) is 4.90 Å². The van der Waals surface area contributed by atoms with Crippen molar-refractivity contribution in [2.75, 3.05) is 13.1 Å². The lowest BCUT2D eigenvalue weighted by Crippen LogP contribution is -2.23. The minimum atomic E-state index is 1.14. The maximum Gasteiger partial charge on any atom is 0.0172 e. The van der Waals surface area contributed by atoms with Crippen LogP contribution in [0.4, 0.5) is 0 Å². The number of allylic oxidation sites excluding steroid dienone is 3. The van der Waals surface area contributed by atoms with Gasteiger partial charge in [0.25, 0.3) is 0 Å². The largest absolute Gasteiger partial charge is 0.375 e. The number of rotatable bonds is 5. The highest BCUT2D eigenvalue weighted by atomic mass is 15.1. The molecule has 0 saturated carbocycles. The van der Waals surface area contributed by atoms with Gasteiger partial charge in [-0.2, -0.15) is 0 Å². The molecule has 0 amide bonds. The summed E-state index contributed by atoms with van der Waals surface area (Å²) in [5.41, 5.74) is 1.50. The van der Waals surface area contributed by atoms with Crippen LogP contribution in [0.3, 0.4) is 0 Å². The first kappa shape index (κ1) is 9.37. The van der Waals surface area contributed by atoms with Gasteiger partial charge < -0.3 is 4.90 Å². The second kappa shape index (κ2) is 5.02. The first-order valence-corrected chi connectivity index (χ1v) is 4.99. The molecule has 0 fully saturated rings. The fraction of sp³-hybridized carbons (Fsp3) is 0.636. The van der Waals surface area contributed by atoms with Gasteiger partial charge in [0.2, 0.25) is 0 Å². The Morgan fingerprint density at radius 1 is 1.25 bits per heavy atom. The highest BCUT2D eigenvalue weighted by Crippen LogP contribution is 2.16. The highest BCUT2D eigenvalue weighted by molar-refractivity contribution is 5.22. The van der Waals surface area contributed by atoms with Gasteiger partial charge in [0.05, 0.1) is 0 Å². The zero-order valence-electron chi connectivity index (χ0n) is 8.21. The molecule has 0 bridgehead atoms. The van der Waals surface area contributed by atoms with Crippen LogP contribution in [0.25, 0.3) is 0 Å².